The van der Waals surface area contributed by atoms with Gasteiger partial charge in [-0.3, -0.25) is 4.79 Å². The van der Waals surface area contributed by atoms with E-state index in [1.54, 1.807) is 6.92 Å². The molecular formula is C12H21N3O2. The van der Waals surface area contributed by atoms with Gasteiger partial charge in [0.2, 0.25) is 0 Å². The first-order chi connectivity index (χ1) is 8.22. The fourth-order valence-electron chi connectivity index (χ4n) is 1.41. The van der Waals surface area contributed by atoms with Crippen LogP contribution in [0.1, 0.15) is 32.0 Å². The second-order valence-corrected chi connectivity index (χ2v) is 3.96. The Hall–Kier alpha value is -1.36. The molecule has 1 aromatic rings. The summed E-state index contributed by atoms with van der Waals surface area (Å²) >= 11 is 0. The second kappa shape index (κ2) is 7.84. The van der Waals surface area contributed by atoms with E-state index in [9.17, 15) is 4.79 Å². The molecule has 0 bridgehead atoms. The van der Waals surface area contributed by atoms with Gasteiger partial charge in [-0.15, -0.1) is 0 Å². The van der Waals surface area contributed by atoms with Crippen LogP contribution < -0.4 is 10.9 Å². The largest absolute Gasteiger partial charge is 0.381 e. The summed E-state index contributed by atoms with van der Waals surface area (Å²) in [6.45, 7) is 6.25. The van der Waals surface area contributed by atoms with Gasteiger partial charge >= 0.3 is 0 Å². The van der Waals surface area contributed by atoms with Gasteiger partial charge in [-0.1, -0.05) is 13.3 Å². The average Bonchev–Trinajstić information content (AvgIpc) is 2.26. The zero-order valence-corrected chi connectivity index (χ0v) is 10.6. The van der Waals surface area contributed by atoms with Crippen molar-refractivity contribution in [3.8, 4) is 0 Å². The van der Waals surface area contributed by atoms with Crippen molar-refractivity contribution in [3.05, 3.63) is 22.2 Å². The Labute approximate surface area is 102 Å². The number of ether oxygens (including phenoxy) is 1. The number of aryl methyl sites for hydroxylation is 1. The molecule has 0 amide bonds. The highest BCUT2D eigenvalue weighted by Gasteiger charge is 1.96. The topological polar surface area (TPSA) is 67.0 Å². The molecule has 0 radical (unpaired) electrons. The van der Waals surface area contributed by atoms with Gasteiger partial charge in [0, 0.05) is 25.8 Å². The van der Waals surface area contributed by atoms with Crippen molar-refractivity contribution in [1.82, 2.24) is 9.97 Å². The molecule has 5 nitrogen and oxygen atoms in total. The van der Waals surface area contributed by atoms with Crippen LogP contribution >= 0.6 is 0 Å². The Balaban J connectivity index is 2.16. The molecule has 17 heavy (non-hydrogen) atoms. The van der Waals surface area contributed by atoms with Crippen molar-refractivity contribution >= 4 is 5.82 Å². The summed E-state index contributed by atoms with van der Waals surface area (Å²) < 4.78 is 5.43. The van der Waals surface area contributed by atoms with Crippen LogP contribution in [0.4, 0.5) is 5.82 Å². The summed E-state index contributed by atoms with van der Waals surface area (Å²) in [5.74, 6) is 1.25. The summed E-state index contributed by atoms with van der Waals surface area (Å²) in [6, 6.07) is 1.46. The molecule has 0 aliphatic rings. The number of aromatic amines is 1. The maximum Gasteiger partial charge on any atom is 0.252 e. The van der Waals surface area contributed by atoms with E-state index < -0.39 is 0 Å². The number of unbranched alkanes of at least 4 members (excludes halogenated alkanes) is 1. The third kappa shape index (κ3) is 6.06. The van der Waals surface area contributed by atoms with E-state index in [1.165, 1.54) is 6.07 Å². The van der Waals surface area contributed by atoms with Crippen molar-refractivity contribution < 1.29 is 4.74 Å². The lowest BCUT2D eigenvalue weighted by molar-refractivity contribution is 0.131. The van der Waals surface area contributed by atoms with E-state index in [2.05, 4.69) is 22.2 Å². The van der Waals surface area contributed by atoms with Crippen molar-refractivity contribution in [2.75, 3.05) is 25.1 Å². The number of anilines is 1. The van der Waals surface area contributed by atoms with Crippen molar-refractivity contribution in [2.45, 2.75) is 33.1 Å². The highest BCUT2D eigenvalue weighted by molar-refractivity contribution is 5.32. The molecule has 0 saturated carbocycles. The lowest BCUT2D eigenvalue weighted by Gasteiger charge is -2.06. The highest BCUT2D eigenvalue weighted by Crippen LogP contribution is 1.98. The van der Waals surface area contributed by atoms with E-state index in [4.69, 9.17) is 4.74 Å². The lowest BCUT2D eigenvalue weighted by Crippen LogP contribution is -2.13. The Kier molecular flexibility index (Phi) is 6.32. The Bertz CT molecular complexity index is 376. The first kappa shape index (κ1) is 13.7. The van der Waals surface area contributed by atoms with Crippen molar-refractivity contribution in [3.63, 3.8) is 0 Å². The number of hydrogen-bond donors (Lipinski definition) is 2. The minimum atomic E-state index is -0.126. The first-order valence-corrected chi connectivity index (χ1v) is 6.12. The quantitative estimate of drug-likeness (QED) is 0.677. The molecule has 0 aromatic carbocycles. The minimum absolute atomic E-state index is 0.126. The van der Waals surface area contributed by atoms with Gasteiger partial charge in [-0.2, -0.15) is 0 Å². The maximum atomic E-state index is 11.2. The average molecular weight is 239 g/mol. The van der Waals surface area contributed by atoms with Gasteiger partial charge in [-0.05, 0) is 19.8 Å². The van der Waals surface area contributed by atoms with Gasteiger partial charge in [0.05, 0.1) is 0 Å². The number of nitrogens with one attached hydrogen (secondary N) is 2. The van der Waals surface area contributed by atoms with Crippen LogP contribution in [-0.4, -0.2) is 29.7 Å². The molecular weight excluding hydrogens is 218 g/mol. The molecule has 5 heteroatoms. The Morgan fingerprint density at radius 2 is 2.18 bits per heavy atom. The van der Waals surface area contributed by atoms with Crippen LogP contribution in [-0.2, 0) is 4.74 Å². The summed E-state index contributed by atoms with van der Waals surface area (Å²) in [6.07, 6.45) is 3.19. The molecule has 1 aromatic heterocycles. The fourth-order valence-corrected chi connectivity index (χ4v) is 1.41. The third-order valence-corrected chi connectivity index (χ3v) is 2.27. The van der Waals surface area contributed by atoms with Crippen molar-refractivity contribution in [2.24, 2.45) is 0 Å². The third-order valence-electron chi connectivity index (χ3n) is 2.27. The van der Waals surface area contributed by atoms with Gasteiger partial charge in [-0.25, -0.2) is 4.98 Å². The normalized spacial score (nSPS) is 10.5. The lowest BCUT2D eigenvalue weighted by atomic mass is 10.3. The van der Waals surface area contributed by atoms with Crippen molar-refractivity contribution in [1.29, 1.82) is 0 Å². The smallest absolute Gasteiger partial charge is 0.252 e. The summed E-state index contributed by atoms with van der Waals surface area (Å²) in [5.41, 5.74) is -0.126. The molecule has 2 N–H and O–H groups in total. The Morgan fingerprint density at radius 3 is 2.88 bits per heavy atom. The van der Waals surface area contributed by atoms with E-state index in [0.29, 0.717) is 11.6 Å². The van der Waals surface area contributed by atoms with E-state index in [-0.39, 0.29) is 5.56 Å². The zero-order valence-electron chi connectivity index (χ0n) is 10.6. The van der Waals surface area contributed by atoms with Gasteiger partial charge < -0.3 is 15.0 Å². The molecule has 96 valence electrons. The molecule has 0 saturated heterocycles. The highest BCUT2D eigenvalue weighted by atomic mass is 16.5. The number of H-pyrrole nitrogens is 1. The monoisotopic (exact) mass is 239 g/mol. The van der Waals surface area contributed by atoms with Crippen LogP contribution in [0.2, 0.25) is 0 Å². The molecule has 1 rings (SSSR count). The standard InChI is InChI=1S/C12H21N3O2/c1-3-4-7-17-8-5-6-13-11-9-12(16)15-10(2)14-11/h9H,3-8H2,1-2H3,(H2,13,14,15,16). The summed E-state index contributed by atoms with van der Waals surface area (Å²) in [5, 5.41) is 3.11. The molecule has 0 spiro atoms. The van der Waals surface area contributed by atoms with Crippen LogP contribution in [0, 0.1) is 6.92 Å². The Morgan fingerprint density at radius 1 is 1.41 bits per heavy atom. The molecule has 0 fully saturated rings. The number of nitrogens with zero attached hydrogens (tertiary/aromatic N) is 1. The predicted octanol–water partition coefficient (Wildman–Crippen LogP) is 1.70. The molecule has 0 aliphatic heterocycles. The summed E-state index contributed by atoms with van der Waals surface area (Å²) in [4.78, 5) is 17.9. The molecule has 0 atom stereocenters. The minimum Gasteiger partial charge on any atom is -0.381 e. The predicted molar refractivity (Wildman–Crippen MR) is 68.4 cm³/mol. The van der Waals surface area contributed by atoms with E-state index in [1.807, 2.05) is 0 Å². The number of aromatic nitrogens is 2. The molecule has 0 unspecified atom stereocenters. The summed E-state index contributed by atoms with van der Waals surface area (Å²) in [7, 11) is 0. The van der Waals surface area contributed by atoms with E-state index >= 15 is 0 Å². The van der Waals surface area contributed by atoms with E-state index in [0.717, 1.165) is 39.0 Å². The molecule has 1 heterocycles. The number of rotatable bonds is 8. The maximum absolute atomic E-state index is 11.2. The molecule has 0 aliphatic carbocycles. The number of hydrogen-bond acceptors (Lipinski definition) is 4. The van der Waals surface area contributed by atoms with Crippen LogP contribution in [0.3, 0.4) is 0 Å². The zero-order chi connectivity index (χ0) is 12.5. The van der Waals surface area contributed by atoms with Gasteiger partial charge in [0.1, 0.15) is 11.6 Å². The van der Waals surface area contributed by atoms with Gasteiger partial charge in [0.25, 0.3) is 5.56 Å². The fraction of sp³-hybridized carbons (Fsp3) is 0.667. The van der Waals surface area contributed by atoms with Gasteiger partial charge in [0.15, 0.2) is 0 Å². The first-order valence-electron chi connectivity index (χ1n) is 6.12. The van der Waals surface area contributed by atoms with Crippen LogP contribution in [0.5, 0.6) is 0 Å². The van der Waals surface area contributed by atoms with Crippen LogP contribution in [0.25, 0.3) is 0 Å². The SMILES string of the molecule is CCCCOCCCNc1cc(=O)[nH]c(C)n1. The van der Waals surface area contributed by atoms with Crippen LogP contribution in [0.15, 0.2) is 10.9 Å². The second-order valence-electron chi connectivity index (χ2n) is 3.96.